The molecule has 2 N–H and O–H groups in total. The van der Waals surface area contributed by atoms with Gasteiger partial charge >= 0.3 is 6.18 Å². The first-order chi connectivity index (χ1) is 7.90. The molecule has 0 aromatic heterocycles. The van der Waals surface area contributed by atoms with Gasteiger partial charge in [0.2, 0.25) is 0 Å². The molecule has 1 rings (SSSR count). The van der Waals surface area contributed by atoms with Crippen molar-refractivity contribution in [2.24, 2.45) is 5.73 Å². The van der Waals surface area contributed by atoms with Crippen molar-refractivity contribution >= 4 is 5.78 Å². The van der Waals surface area contributed by atoms with Crippen LogP contribution in [-0.4, -0.2) is 12.0 Å². The van der Waals surface area contributed by atoms with Crippen molar-refractivity contribution < 1.29 is 18.0 Å². The zero-order valence-corrected chi connectivity index (χ0v) is 9.20. The number of alkyl halides is 3. The Balaban J connectivity index is 2.43. The second kappa shape index (κ2) is 5.82. The Bertz CT molecular complexity index is 362. The summed E-state index contributed by atoms with van der Waals surface area (Å²) < 4.78 is 35.7. The first-order valence-corrected chi connectivity index (χ1v) is 5.30. The smallest absolute Gasteiger partial charge is 0.318 e. The van der Waals surface area contributed by atoms with Crippen LogP contribution in [0, 0.1) is 0 Å². The maximum Gasteiger partial charge on any atom is 0.389 e. The van der Waals surface area contributed by atoms with Crippen LogP contribution in [0.5, 0.6) is 0 Å². The minimum atomic E-state index is -4.21. The predicted molar refractivity (Wildman–Crippen MR) is 58.3 cm³/mol. The Kier molecular flexibility index (Phi) is 4.69. The molecular formula is C12H14F3NO. The molecule has 0 unspecified atom stereocenters. The fourth-order valence-electron chi connectivity index (χ4n) is 1.46. The highest BCUT2D eigenvalue weighted by atomic mass is 19.4. The van der Waals surface area contributed by atoms with E-state index in [-0.39, 0.29) is 18.6 Å². The summed E-state index contributed by atoms with van der Waals surface area (Å²) in [7, 11) is 0. The van der Waals surface area contributed by atoms with Gasteiger partial charge in [-0.2, -0.15) is 13.2 Å². The number of rotatable bonds is 5. The Hall–Kier alpha value is -1.36. The summed E-state index contributed by atoms with van der Waals surface area (Å²) in [5, 5.41) is 0. The lowest BCUT2D eigenvalue weighted by molar-refractivity contribution is -0.137. The van der Waals surface area contributed by atoms with Gasteiger partial charge in [0.25, 0.3) is 0 Å². The number of halogens is 3. The lowest BCUT2D eigenvalue weighted by Crippen LogP contribution is -2.21. The molecule has 0 aliphatic carbocycles. The number of hydrogen-bond donors (Lipinski definition) is 1. The summed E-state index contributed by atoms with van der Waals surface area (Å²) in [6, 6.07) is 7.80. The van der Waals surface area contributed by atoms with Gasteiger partial charge in [0, 0.05) is 12.8 Å². The molecule has 2 nitrogen and oxygen atoms in total. The monoisotopic (exact) mass is 245 g/mol. The van der Waals surface area contributed by atoms with Crippen molar-refractivity contribution in [2.75, 3.05) is 0 Å². The highest BCUT2D eigenvalue weighted by Crippen LogP contribution is 2.23. The molecule has 94 valence electrons. The summed E-state index contributed by atoms with van der Waals surface area (Å²) in [6.45, 7) is 0. The molecule has 1 atom stereocenters. The number of carbonyl (C=O) groups excluding carboxylic acids is 1. The summed E-state index contributed by atoms with van der Waals surface area (Å²) in [5.74, 6) is -0.361. The van der Waals surface area contributed by atoms with Crippen molar-refractivity contribution in [1.82, 2.24) is 0 Å². The van der Waals surface area contributed by atoms with Gasteiger partial charge < -0.3 is 5.73 Å². The largest absolute Gasteiger partial charge is 0.389 e. The van der Waals surface area contributed by atoms with E-state index in [1.165, 1.54) is 0 Å². The van der Waals surface area contributed by atoms with E-state index in [1.807, 2.05) is 0 Å². The molecule has 0 heterocycles. The summed E-state index contributed by atoms with van der Waals surface area (Å²) in [5.41, 5.74) is 6.29. The number of carbonyl (C=O) groups is 1. The molecular weight excluding hydrogens is 231 g/mol. The van der Waals surface area contributed by atoms with Crippen molar-refractivity contribution in [3.63, 3.8) is 0 Å². The van der Waals surface area contributed by atoms with Crippen LogP contribution in [0.25, 0.3) is 0 Å². The minimum absolute atomic E-state index is 0.143. The average molecular weight is 245 g/mol. The summed E-state index contributed by atoms with van der Waals surface area (Å²) in [6.07, 6.45) is -5.50. The van der Waals surface area contributed by atoms with Crippen LogP contribution in [0.1, 0.15) is 30.9 Å². The van der Waals surface area contributed by atoms with Gasteiger partial charge in [0.15, 0.2) is 5.78 Å². The van der Waals surface area contributed by atoms with Crippen LogP contribution in [0.4, 0.5) is 13.2 Å². The van der Waals surface area contributed by atoms with Crippen LogP contribution in [0.3, 0.4) is 0 Å². The third-order valence-electron chi connectivity index (χ3n) is 2.39. The molecule has 1 aromatic rings. The standard InChI is InChI=1S/C12H14F3NO/c13-12(14,15)8-4-7-10(17)11(16)9-5-2-1-3-6-9/h1-3,5-6,11H,4,7-8,16H2/t11-/m1/s1. The molecule has 0 fully saturated rings. The zero-order chi connectivity index (χ0) is 12.9. The molecule has 0 bridgehead atoms. The van der Waals surface area contributed by atoms with Crippen molar-refractivity contribution in [3.05, 3.63) is 35.9 Å². The van der Waals surface area contributed by atoms with Crippen LogP contribution >= 0.6 is 0 Å². The molecule has 1 aromatic carbocycles. The van der Waals surface area contributed by atoms with E-state index in [0.717, 1.165) is 0 Å². The highest BCUT2D eigenvalue weighted by molar-refractivity contribution is 5.84. The van der Waals surface area contributed by atoms with Crippen molar-refractivity contribution in [3.8, 4) is 0 Å². The van der Waals surface area contributed by atoms with E-state index in [0.29, 0.717) is 5.56 Å². The molecule has 0 saturated heterocycles. The third kappa shape index (κ3) is 4.99. The fraction of sp³-hybridized carbons (Fsp3) is 0.417. The zero-order valence-electron chi connectivity index (χ0n) is 9.20. The Morgan fingerprint density at radius 1 is 1.24 bits per heavy atom. The van der Waals surface area contributed by atoms with Gasteiger partial charge in [-0.3, -0.25) is 4.79 Å². The number of nitrogens with two attached hydrogens (primary N) is 1. The van der Waals surface area contributed by atoms with Gasteiger partial charge in [-0.1, -0.05) is 30.3 Å². The molecule has 0 aliphatic rings. The molecule has 0 aliphatic heterocycles. The minimum Gasteiger partial charge on any atom is -0.318 e. The maximum atomic E-state index is 11.9. The first-order valence-electron chi connectivity index (χ1n) is 5.30. The Labute approximate surface area is 97.6 Å². The van der Waals surface area contributed by atoms with E-state index in [9.17, 15) is 18.0 Å². The normalized spacial score (nSPS) is 13.4. The topological polar surface area (TPSA) is 43.1 Å². The molecule has 0 spiro atoms. The molecule has 17 heavy (non-hydrogen) atoms. The average Bonchev–Trinajstić information content (AvgIpc) is 2.27. The lowest BCUT2D eigenvalue weighted by Gasteiger charge is -2.11. The van der Waals surface area contributed by atoms with E-state index < -0.39 is 18.6 Å². The molecule has 0 radical (unpaired) electrons. The van der Waals surface area contributed by atoms with Gasteiger partial charge in [-0.05, 0) is 12.0 Å². The number of Topliss-reactive ketones (excluding diaryl/α,β-unsaturated/α-hetero) is 1. The van der Waals surface area contributed by atoms with Crippen LogP contribution in [0.15, 0.2) is 30.3 Å². The maximum absolute atomic E-state index is 11.9. The third-order valence-corrected chi connectivity index (χ3v) is 2.39. The number of ketones is 1. The van der Waals surface area contributed by atoms with E-state index >= 15 is 0 Å². The van der Waals surface area contributed by atoms with Crippen molar-refractivity contribution in [1.29, 1.82) is 0 Å². The second-order valence-electron chi connectivity index (χ2n) is 3.82. The Morgan fingerprint density at radius 2 is 1.82 bits per heavy atom. The van der Waals surface area contributed by atoms with Crippen LogP contribution in [0.2, 0.25) is 0 Å². The molecule has 0 amide bonds. The summed E-state index contributed by atoms with van der Waals surface area (Å²) in [4.78, 5) is 11.5. The van der Waals surface area contributed by atoms with E-state index in [2.05, 4.69) is 0 Å². The Morgan fingerprint density at radius 3 is 2.35 bits per heavy atom. The predicted octanol–water partition coefficient (Wildman–Crippen LogP) is 2.99. The van der Waals surface area contributed by atoms with E-state index in [1.54, 1.807) is 30.3 Å². The van der Waals surface area contributed by atoms with Crippen LogP contribution in [-0.2, 0) is 4.79 Å². The van der Waals surface area contributed by atoms with Gasteiger partial charge in [0.1, 0.15) is 0 Å². The van der Waals surface area contributed by atoms with Gasteiger partial charge in [0.05, 0.1) is 6.04 Å². The quantitative estimate of drug-likeness (QED) is 0.866. The number of hydrogen-bond acceptors (Lipinski definition) is 2. The first kappa shape index (κ1) is 13.7. The lowest BCUT2D eigenvalue weighted by atomic mass is 10.00. The second-order valence-corrected chi connectivity index (χ2v) is 3.82. The van der Waals surface area contributed by atoms with Crippen molar-refractivity contribution in [2.45, 2.75) is 31.5 Å². The molecule has 5 heteroatoms. The number of benzene rings is 1. The van der Waals surface area contributed by atoms with Crippen LogP contribution < -0.4 is 5.73 Å². The van der Waals surface area contributed by atoms with E-state index in [4.69, 9.17) is 5.73 Å². The summed E-state index contributed by atoms with van der Waals surface area (Å²) >= 11 is 0. The SMILES string of the molecule is N[C@@H](C(=O)CCCC(F)(F)F)c1ccccc1. The van der Waals surface area contributed by atoms with Gasteiger partial charge in [-0.25, -0.2) is 0 Å². The van der Waals surface area contributed by atoms with Gasteiger partial charge in [-0.15, -0.1) is 0 Å². The highest BCUT2D eigenvalue weighted by Gasteiger charge is 2.27. The molecule has 0 saturated carbocycles. The fourth-order valence-corrected chi connectivity index (χ4v) is 1.46.